The zero-order chi connectivity index (χ0) is 28.3. The van der Waals surface area contributed by atoms with Gasteiger partial charge in [0.15, 0.2) is 0 Å². The molecule has 218 valence electrons. The lowest BCUT2D eigenvalue weighted by Gasteiger charge is -2.34. The van der Waals surface area contributed by atoms with Crippen molar-refractivity contribution < 1.29 is 23.9 Å². The zero-order valence-corrected chi connectivity index (χ0v) is 24.6. The predicted octanol–water partition coefficient (Wildman–Crippen LogP) is 5.54. The highest BCUT2D eigenvalue weighted by atomic mass is 16.6. The summed E-state index contributed by atoms with van der Waals surface area (Å²) in [5, 5.41) is 2.93. The number of esters is 1. The van der Waals surface area contributed by atoms with Crippen molar-refractivity contribution in [1.82, 2.24) is 15.2 Å². The van der Waals surface area contributed by atoms with Gasteiger partial charge < -0.3 is 19.7 Å². The van der Waals surface area contributed by atoms with Gasteiger partial charge in [-0.05, 0) is 97.1 Å². The maximum Gasteiger partial charge on any atom is 0.410 e. The molecule has 8 heteroatoms. The Balaban J connectivity index is 1.39. The van der Waals surface area contributed by atoms with E-state index >= 15 is 0 Å². The van der Waals surface area contributed by atoms with E-state index in [4.69, 9.17) is 14.5 Å². The third-order valence-electron chi connectivity index (χ3n) is 7.49. The Hall–Kier alpha value is -2.64. The van der Waals surface area contributed by atoms with Crippen LogP contribution in [0.4, 0.5) is 4.79 Å². The molecule has 1 fully saturated rings. The third-order valence-corrected chi connectivity index (χ3v) is 7.49. The summed E-state index contributed by atoms with van der Waals surface area (Å²) in [6.45, 7) is 8.41. The fourth-order valence-electron chi connectivity index (χ4n) is 5.42. The summed E-state index contributed by atoms with van der Waals surface area (Å²) >= 11 is 0. The zero-order valence-electron chi connectivity index (χ0n) is 24.6. The number of pyridine rings is 1. The largest absolute Gasteiger partial charge is 0.464 e. The van der Waals surface area contributed by atoms with E-state index in [9.17, 15) is 14.4 Å². The van der Waals surface area contributed by atoms with Crippen LogP contribution in [0.3, 0.4) is 0 Å². The molecule has 0 unspecified atom stereocenters. The van der Waals surface area contributed by atoms with Gasteiger partial charge in [-0.3, -0.25) is 9.78 Å². The van der Waals surface area contributed by atoms with Gasteiger partial charge in [0.1, 0.15) is 11.6 Å². The number of carbonyl (C=O) groups is 3. The Bertz CT molecular complexity index is 958. The maximum absolute atomic E-state index is 13.1. The smallest absolute Gasteiger partial charge is 0.410 e. The number of hydrogen-bond donors (Lipinski definition) is 1. The monoisotopic (exact) mass is 543 g/mol. The van der Waals surface area contributed by atoms with Crippen molar-refractivity contribution in [3.63, 3.8) is 0 Å². The minimum absolute atomic E-state index is 0.195. The molecule has 2 amide bonds. The lowest BCUT2D eigenvalue weighted by Crippen LogP contribution is -2.50. The Labute approximate surface area is 234 Å². The molecule has 0 spiro atoms. The first kappa shape index (κ1) is 30.9. The highest BCUT2D eigenvalue weighted by Crippen LogP contribution is 2.22. The molecular formula is C31H49N3O5. The highest BCUT2D eigenvalue weighted by molar-refractivity contribution is 5.86. The topological polar surface area (TPSA) is 97.8 Å². The van der Waals surface area contributed by atoms with Crippen LogP contribution in [0.2, 0.25) is 0 Å². The summed E-state index contributed by atoms with van der Waals surface area (Å²) in [5.74, 6) is -0.941. The molecule has 8 nitrogen and oxygen atoms in total. The number of nitrogens with zero attached hydrogens (tertiary/aromatic N) is 2. The molecular weight excluding hydrogens is 494 g/mol. The molecule has 3 rings (SSSR count). The first-order chi connectivity index (χ1) is 18.7. The number of fused-ring (bicyclic) bond motifs is 1. The Kier molecular flexibility index (Phi) is 12.1. The fourth-order valence-corrected chi connectivity index (χ4v) is 5.42. The van der Waals surface area contributed by atoms with Gasteiger partial charge in [-0.25, -0.2) is 9.59 Å². The number of hydrogen-bond acceptors (Lipinski definition) is 6. The van der Waals surface area contributed by atoms with Crippen molar-refractivity contribution in [3.05, 3.63) is 29.1 Å². The lowest BCUT2D eigenvalue weighted by atomic mass is 9.95. The third kappa shape index (κ3) is 10.5. The molecule has 0 saturated carbocycles. The average molecular weight is 544 g/mol. The van der Waals surface area contributed by atoms with Crippen molar-refractivity contribution in [1.29, 1.82) is 0 Å². The van der Waals surface area contributed by atoms with Crippen LogP contribution >= 0.6 is 0 Å². The molecule has 39 heavy (non-hydrogen) atoms. The number of piperidine rings is 1. The molecule has 2 aliphatic rings. The summed E-state index contributed by atoms with van der Waals surface area (Å²) < 4.78 is 10.7. The van der Waals surface area contributed by atoms with Crippen molar-refractivity contribution in [3.8, 4) is 0 Å². The van der Waals surface area contributed by atoms with E-state index in [0.717, 1.165) is 51.4 Å². The molecule has 1 aliphatic heterocycles. The standard InChI is InChI=1S/C31H49N3O5/c1-5-38-29(36)27(33-28(35)24-15-13-21-34(22-24)30(37)39-31(2,3)4)18-10-8-6-7-9-16-25-20-19-23-14-11-12-17-26(23)32-25/h19-20,24,27H,5-18,21-22H2,1-4H3,(H,33,35)/t24-,27+/m1/s1. The number of rotatable bonds is 12. The molecule has 0 aromatic carbocycles. The Morgan fingerprint density at radius 1 is 1.05 bits per heavy atom. The second-order valence-corrected chi connectivity index (χ2v) is 12.0. The van der Waals surface area contributed by atoms with Gasteiger partial charge in [-0.15, -0.1) is 0 Å². The normalized spacial score (nSPS) is 18.2. The van der Waals surface area contributed by atoms with E-state index in [2.05, 4.69) is 17.4 Å². The van der Waals surface area contributed by atoms with Gasteiger partial charge >= 0.3 is 12.1 Å². The van der Waals surface area contributed by atoms with E-state index in [-0.39, 0.29) is 24.4 Å². The molecule has 2 atom stereocenters. The number of ether oxygens (including phenoxy) is 2. The van der Waals surface area contributed by atoms with Crippen LogP contribution in [0.5, 0.6) is 0 Å². The van der Waals surface area contributed by atoms with Gasteiger partial charge in [0.25, 0.3) is 0 Å². The number of amides is 2. The average Bonchev–Trinajstić information content (AvgIpc) is 2.91. The number of likely N-dealkylation sites (tertiary alicyclic amines) is 1. The van der Waals surface area contributed by atoms with Crippen LogP contribution in [0.15, 0.2) is 12.1 Å². The molecule has 2 heterocycles. The second kappa shape index (κ2) is 15.2. The van der Waals surface area contributed by atoms with Crippen molar-refractivity contribution in [2.24, 2.45) is 5.92 Å². The predicted molar refractivity (Wildman–Crippen MR) is 151 cm³/mol. The van der Waals surface area contributed by atoms with Crippen LogP contribution in [-0.4, -0.2) is 59.2 Å². The van der Waals surface area contributed by atoms with Crippen LogP contribution < -0.4 is 5.32 Å². The van der Waals surface area contributed by atoms with Gasteiger partial charge in [0.2, 0.25) is 5.91 Å². The quantitative estimate of drug-likeness (QED) is 0.275. The molecule has 1 saturated heterocycles. The number of aromatic nitrogens is 1. The van der Waals surface area contributed by atoms with E-state index in [1.54, 1.807) is 11.8 Å². The molecule has 1 N–H and O–H groups in total. The fraction of sp³-hybridized carbons (Fsp3) is 0.742. The minimum Gasteiger partial charge on any atom is -0.464 e. The van der Waals surface area contributed by atoms with Crippen LogP contribution in [0.25, 0.3) is 0 Å². The van der Waals surface area contributed by atoms with Gasteiger partial charge in [0.05, 0.1) is 12.5 Å². The number of unbranched alkanes of at least 4 members (excludes halogenated alkanes) is 4. The molecule has 1 aromatic rings. The summed E-state index contributed by atoms with van der Waals surface area (Å²) in [6.07, 6.45) is 12.5. The lowest BCUT2D eigenvalue weighted by molar-refractivity contribution is -0.148. The molecule has 1 aliphatic carbocycles. The SMILES string of the molecule is CCOC(=O)[C@H](CCCCCCCc1ccc2c(n1)CCCC2)NC(=O)[C@@H]1CCCN(C(=O)OC(C)(C)C)C1. The van der Waals surface area contributed by atoms with Crippen molar-refractivity contribution >= 4 is 18.0 Å². The first-order valence-electron chi connectivity index (χ1n) is 15.1. The Morgan fingerprint density at radius 2 is 1.79 bits per heavy atom. The van der Waals surface area contributed by atoms with E-state index in [1.165, 1.54) is 36.2 Å². The second-order valence-electron chi connectivity index (χ2n) is 12.0. The highest BCUT2D eigenvalue weighted by Gasteiger charge is 2.33. The van der Waals surface area contributed by atoms with Crippen molar-refractivity contribution in [2.75, 3.05) is 19.7 Å². The van der Waals surface area contributed by atoms with Crippen LogP contribution in [-0.2, 0) is 38.3 Å². The first-order valence-corrected chi connectivity index (χ1v) is 15.1. The summed E-state index contributed by atoms with van der Waals surface area (Å²) in [6, 6.07) is 3.80. The van der Waals surface area contributed by atoms with Gasteiger partial charge in [-0.2, -0.15) is 0 Å². The van der Waals surface area contributed by atoms with Crippen LogP contribution in [0, 0.1) is 5.92 Å². The minimum atomic E-state index is -0.658. The molecule has 1 aromatic heterocycles. The Morgan fingerprint density at radius 3 is 2.56 bits per heavy atom. The van der Waals surface area contributed by atoms with Gasteiger partial charge in [0, 0.05) is 24.5 Å². The maximum atomic E-state index is 13.1. The number of carbonyl (C=O) groups excluding carboxylic acids is 3. The van der Waals surface area contributed by atoms with Crippen molar-refractivity contribution in [2.45, 2.75) is 123 Å². The van der Waals surface area contributed by atoms with E-state index in [0.29, 0.717) is 25.9 Å². The summed E-state index contributed by atoms with van der Waals surface area (Å²) in [5.41, 5.74) is 3.35. The van der Waals surface area contributed by atoms with Gasteiger partial charge in [-0.1, -0.05) is 31.7 Å². The number of nitrogens with one attached hydrogen (secondary N) is 1. The summed E-state index contributed by atoms with van der Waals surface area (Å²) in [4.78, 5) is 44.6. The van der Waals surface area contributed by atoms with E-state index < -0.39 is 17.7 Å². The molecule has 0 radical (unpaired) electrons. The van der Waals surface area contributed by atoms with Crippen LogP contribution in [0.1, 0.15) is 109 Å². The van der Waals surface area contributed by atoms with E-state index in [1.807, 2.05) is 20.8 Å². The molecule has 0 bridgehead atoms. The summed E-state index contributed by atoms with van der Waals surface area (Å²) in [7, 11) is 0. The number of aryl methyl sites for hydroxylation is 3.